The Balaban J connectivity index is 0.00000576. The molecular formula is C17H28FIN4O2. The summed E-state index contributed by atoms with van der Waals surface area (Å²) in [4.78, 5) is 15.7. The Kier molecular flexibility index (Phi) is 10.4. The molecule has 8 heteroatoms. The summed E-state index contributed by atoms with van der Waals surface area (Å²) < 4.78 is 18.6. The number of hydrogen-bond donors (Lipinski definition) is 3. The molecule has 6 nitrogen and oxygen atoms in total. The third-order valence-electron chi connectivity index (χ3n) is 3.35. The van der Waals surface area contributed by atoms with Crippen LogP contribution in [0.3, 0.4) is 0 Å². The fourth-order valence-electron chi connectivity index (χ4n) is 1.72. The van der Waals surface area contributed by atoms with Crippen LogP contribution in [0.2, 0.25) is 0 Å². The van der Waals surface area contributed by atoms with Crippen molar-refractivity contribution in [1.82, 2.24) is 10.6 Å². The highest BCUT2D eigenvalue weighted by Gasteiger charge is 2.24. The Labute approximate surface area is 165 Å². The molecule has 1 atom stereocenters. The van der Waals surface area contributed by atoms with Gasteiger partial charge in [0, 0.05) is 6.54 Å². The van der Waals surface area contributed by atoms with Gasteiger partial charge in [-0.05, 0) is 52.0 Å². The van der Waals surface area contributed by atoms with E-state index in [0.717, 1.165) is 0 Å². The lowest BCUT2D eigenvalue weighted by Gasteiger charge is -2.20. The molecule has 0 spiro atoms. The van der Waals surface area contributed by atoms with Crippen molar-refractivity contribution in [2.24, 2.45) is 16.1 Å². The van der Waals surface area contributed by atoms with Crippen LogP contribution in [0.15, 0.2) is 29.3 Å². The van der Waals surface area contributed by atoms with Gasteiger partial charge in [-0.2, -0.15) is 0 Å². The molecule has 0 saturated heterocycles. The number of hydrogen-bond acceptors (Lipinski definition) is 3. The van der Waals surface area contributed by atoms with Crippen molar-refractivity contribution >= 4 is 35.8 Å². The smallest absolute Gasteiger partial charge is 0.224 e. The minimum atomic E-state index is -0.710. The van der Waals surface area contributed by atoms with E-state index in [1.807, 2.05) is 13.8 Å². The van der Waals surface area contributed by atoms with Crippen LogP contribution < -0.4 is 21.1 Å². The Morgan fingerprint density at radius 2 is 1.92 bits per heavy atom. The highest BCUT2D eigenvalue weighted by Crippen LogP contribution is 2.14. The number of guanidine groups is 1. The molecule has 0 aromatic heterocycles. The zero-order valence-electron chi connectivity index (χ0n) is 15.1. The number of ether oxygens (including phenoxy) is 1. The molecule has 25 heavy (non-hydrogen) atoms. The van der Waals surface area contributed by atoms with Gasteiger partial charge >= 0.3 is 0 Å². The van der Waals surface area contributed by atoms with E-state index >= 15 is 0 Å². The van der Waals surface area contributed by atoms with E-state index in [1.54, 1.807) is 26.0 Å². The van der Waals surface area contributed by atoms with Gasteiger partial charge in [-0.15, -0.1) is 24.0 Å². The summed E-state index contributed by atoms with van der Waals surface area (Å²) in [7, 11) is 0. The number of rotatable bonds is 8. The van der Waals surface area contributed by atoms with Crippen molar-refractivity contribution < 1.29 is 13.9 Å². The lowest BCUT2D eigenvalue weighted by Crippen LogP contribution is -2.43. The minimum Gasteiger partial charge on any atom is -0.489 e. The second kappa shape index (κ2) is 11.1. The zero-order chi connectivity index (χ0) is 18.2. The monoisotopic (exact) mass is 466 g/mol. The van der Waals surface area contributed by atoms with Crippen LogP contribution in [-0.4, -0.2) is 37.6 Å². The molecule has 1 amide bonds. The number of carbonyl (C=O) groups excluding carboxylic acids is 1. The SMILES string of the molecule is CCNC(=NCC(C)(C)C(N)=O)NCC(C)Oc1ccc(F)cc1.I. The number of halogens is 2. The minimum absolute atomic E-state index is 0. The first-order valence-corrected chi connectivity index (χ1v) is 7.99. The number of carbonyl (C=O) groups is 1. The first-order chi connectivity index (χ1) is 11.2. The third kappa shape index (κ3) is 8.89. The van der Waals surface area contributed by atoms with Crippen molar-refractivity contribution in [2.45, 2.75) is 33.8 Å². The molecule has 0 radical (unpaired) electrons. The average Bonchev–Trinajstić information content (AvgIpc) is 2.52. The zero-order valence-corrected chi connectivity index (χ0v) is 17.5. The maximum atomic E-state index is 12.9. The van der Waals surface area contributed by atoms with Crippen LogP contribution in [0.4, 0.5) is 4.39 Å². The van der Waals surface area contributed by atoms with Crippen molar-refractivity contribution in [3.8, 4) is 5.75 Å². The van der Waals surface area contributed by atoms with E-state index in [1.165, 1.54) is 12.1 Å². The molecule has 0 aliphatic carbocycles. The van der Waals surface area contributed by atoms with Gasteiger partial charge in [-0.1, -0.05) is 0 Å². The van der Waals surface area contributed by atoms with E-state index in [0.29, 0.717) is 24.8 Å². The molecule has 142 valence electrons. The molecule has 1 unspecified atom stereocenters. The van der Waals surface area contributed by atoms with Crippen LogP contribution in [0, 0.1) is 11.2 Å². The van der Waals surface area contributed by atoms with Crippen molar-refractivity contribution in [2.75, 3.05) is 19.6 Å². The van der Waals surface area contributed by atoms with Gasteiger partial charge < -0.3 is 21.1 Å². The molecular weight excluding hydrogens is 438 g/mol. The topological polar surface area (TPSA) is 88.7 Å². The van der Waals surface area contributed by atoms with E-state index in [4.69, 9.17) is 10.5 Å². The molecule has 0 saturated carbocycles. The van der Waals surface area contributed by atoms with Crippen LogP contribution in [0.25, 0.3) is 0 Å². The Morgan fingerprint density at radius 3 is 2.44 bits per heavy atom. The van der Waals surface area contributed by atoms with Crippen LogP contribution in [0.5, 0.6) is 5.75 Å². The second-order valence-electron chi connectivity index (χ2n) is 6.21. The summed E-state index contributed by atoms with van der Waals surface area (Å²) >= 11 is 0. The van der Waals surface area contributed by atoms with Crippen LogP contribution in [0.1, 0.15) is 27.7 Å². The van der Waals surface area contributed by atoms with Gasteiger partial charge in [0.2, 0.25) is 5.91 Å². The Bertz CT molecular complexity index is 564. The van der Waals surface area contributed by atoms with Gasteiger partial charge in [-0.25, -0.2) is 4.39 Å². The molecule has 0 aliphatic rings. The van der Waals surface area contributed by atoms with E-state index in [2.05, 4.69) is 15.6 Å². The molecule has 0 aliphatic heterocycles. The summed E-state index contributed by atoms with van der Waals surface area (Å²) in [5, 5.41) is 6.25. The van der Waals surface area contributed by atoms with Crippen molar-refractivity contribution in [3.63, 3.8) is 0 Å². The molecule has 0 fully saturated rings. The number of aliphatic imine (C=N–C) groups is 1. The Morgan fingerprint density at radius 1 is 1.32 bits per heavy atom. The maximum absolute atomic E-state index is 12.9. The molecule has 1 aromatic carbocycles. The van der Waals surface area contributed by atoms with E-state index < -0.39 is 11.3 Å². The predicted octanol–water partition coefficient (Wildman–Crippen LogP) is 2.28. The fraction of sp³-hybridized carbons (Fsp3) is 0.529. The number of nitrogens with two attached hydrogens (primary N) is 1. The van der Waals surface area contributed by atoms with Gasteiger partial charge in [0.1, 0.15) is 17.7 Å². The molecule has 1 aromatic rings. The summed E-state index contributed by atoms with van der Waals surface area (Å²) in [6.07, 6.45) is -0.150. The maximum Gasteiger partial charge on any atom is 0.224 e. The van der Waals surface area contributed by atoms with Gasteiger partial charge in [0.05, 0.1) is 18.5 Å². The van der Waals surface area contributed by atoms with Crippen LogP contribution in [-0.2, 0) is 4.79 Å². The predicted molar refractivity (Wildman–Crippen MR) is 109 cm³/mol. The molecule has 1 rings (SSSR count). The quantitative estimate of drug-likeness (QED) is 0.312. The number of primary amides is 1. The summed E-state index contributed by atoms with van der Waals surface area (Å²) in [6.45, 7) is 8.83. The first-order valence-electron chi connectivity index (χ1n) is 7.99. The number of nitrogens with zero attached hydrogens (tertiary/aromatic N) is 1. The summed E-state index contributed by atoms with van der Waals surface area (Å²) in [5.74, 6) is 0.491. The van der Waals surface area contributed by atoms with Gasteiger partial charge in [-0.3, -0.25) is 9.79 Å². The van der Waals surface area contributed by atoms with Crippen molar-refractivity contribution in [3.05, 3.63) is 30.1 Å². The highest BCUT2D eigenvalue weighted by molar-refractivity contribution is 14.0. The molecule has 4 N–H and O–H groups in total. The average molecular weight is 466 g/mol. The fourth-order valence-corrected chi connectivity index (χ4v) is 1.72. The summed E-state index contributed by atoms with van der Waals surface area (Å²) in [6, 6.07) is 5.88. The lowest BCUT2D eigenvalue weighted by molar-refractivity contribution is -0.125. The summed E-state index contributed by atoms with van der Waals surface area (Å²) in [5.41, 5.74) is 4.64. The van der Waals surface area contributed by atoms with E-state index in [9.17, 15) is 9.18 Å². The number of nitrogens with one attached hydrogen (secondary N) is 2. The lowest BCUT2D eigenvalue weighted by atomic mass is 9.93. The van der Waals surface area contributed by atoms with E-state index in [-0.39, 0.29) is 42.4 Å². The standard InChI is InChI=1S/C17H27FN4O2.HI/c1-5-20-16(22-11-17(3,4)15(19)23)21-10-12(2)24-14-8-6-13(18)7-9-14;/h6-9,12H,5,10-11H2,1-4H3,(H2,19,23)(H2,20,21,22);1H. The van der Waals surface area contributed by atoms with Crippen LogP contribution >= 0.6 is 24.0 Å². The third-order valence-corrected chi connectivity index (χ3v) is 3.35. The van der Waals surface area contributed by atoms with Gasteiger partial charge in [0.25, 0.3) is 0 Å². The number of benzene rings is 1. The normalized spacial score (nSPS) is 12.8. The molecule has 0 bridgehead atoms. The highest BCUT2D eigenvalue weighted by atomic mass is 127. The second-order valence-corrected chi connectivity index (χ2v) is 6.21. The largest absolute Gasteiger partial charge is 0.489 e. The Hall–Kier alpha value is -1.58. The van der Waals surface area contributed by atoms with Gasteiger partial charge in [0.15, 0.2) is 5.96 Å². The first kappa shape index (κ1) is 23.4. The number of amides is 1. The van der Waals surface area contributed by atoms with Crippen molar-refractivity contribution in [1.29, 1.82) is 0 Å². The molecule has 0 heterocycles.